The van der Waals surface area contributed by atoms with Gasteiger partial charge in [-0.2, -0.15) is 0 Å². The Bertz CT molecular complexity index is 544. The van der Waals surface area contributed by atoms with Crippen molar-refractivity contribution in [3.05, 3.63) is 35.1 Å². The number of carbonyl (C=O) groups excluding carboxylic acids is 1. The van der Waals surface area contributed by atoms with Gasteiger partial charge in [0.2, 0.25) is 0 Å². The normalized spacial score (nSPS) is 18.6. The van der Waals surface area contributed by atoms with Gasteiger partial charge in [0.15, 0.2) is 0 Å². The molecule has 1 N–H and O–H groups in total. The number of nitrogens with zero attached hydrogens (tertiary/aromatic N) is 1. The highest BCUT2D eigenvalue weighted by Crippen LogP contribution is 2.23. The maximum Gasteiger partial charge on any atom is 0.303 e. The monoisotopic (exact) mass is 293 g/mol. The molecular formula is C16H20FNO3. The smallest absolute Gasteiger partial charge is 0.303 e. The molecule has 0 aromatic heterocycles. The summed E-state index contributed by atoms with van der Waals surface area (Å²) in [6.07, 6.45) is 3.22. The van der Waals surface area contributed by atoms with Gasteiger partial charge in [-0.3, -0.25) is 9.59 Å². The Hall–Kier alpha value is -1.91. The van der Waals surface area contributed by atoms with Crippen molar-refractivity contribution in [2.75, 3.05) is 6.54 Å². The molecule has 1 amide bonds. The van der Waals surface area contributed by atoms with Gasteiger partial charge in [-0.25, -0.2) is 4.39 Å². The van der Waals surface area contributed by atoms with Gasteiger partial charge in [0.05, 0.1) is 0 Å². The zero-order valence-electron chi connectivity index (χ0n) is 12.1. The highest BCUT2D eigenvalue weighted by atomic mass is 19.1. The summed E-state index contributed by atoms with van der Waals surface area (Å²) in [5.74, 6) is -1.45. The third-order valence-corrected chi connectivity index (χ3v) is 4.00. The SMILES string of the molecule is Cc1ccc(C(=O)N2CCCCC2CCC(=O)O)cc1F. The summed E-state index contributed by atoms with van der Waals surface area (Å²) in [5, 5.41) is 8.80. The number of likely N-dealkylation sites (tertiary alicyclic amines) is 1. The van der Waals surface area contributed by atoms with E-state index in [-0.39, 0.29) is 24.2 Å². The molecule has 1 unspecified atom stereocenters. The van der Waals surface area contributed by atoms with Crippen LogP contribution in [0.4, 0.5) is 4.39 Å². The van der Waals surface area contributed by atoms with Crippen LogP contribution in [-0.2, 0) is 4.79 Å². The lowest BCUT2D eigenvalue weighted by atomic mass is 9.96. The Labute approximate surface area is 123 Å². The summed E-state index contributed by atoms with van der Waals surface area (Å²) in [4.78, 5) is 25.0. The molecule has 1 atom stereocenters. The van der Waals surface area contributed by atoms with Crippen molar-refractivity contribution in [1.29, 1.82) is 0 Å². The number of halogens is 1. The Morgan fingerprint density at radius 1 is 1.38 bits per heavy atom. The fourth-order valence-electron chi connectivity index (χ4n) is 2.75. The molecule has 1 aromatic carbocycles. The van der Waals surface area contributed by atoms with E-state index < -0.39 is 5.97 Å². The van der Waals surface area contributed by atoms with E-state index in [1.807, 2.05) is 0 Å². The first-order chi connectivity index (χ1) is 9.99. The molecule has 1 aliphatic heterocycles. The molecule has 114 valence electrons. The van der Waals surface area contributed by atoms with E-state index in [2.05, 4.69) is 0 Å². The third-order valence-electron chi connectivity index (χ3n) is 4.00. The van der Waals surface area contributed by atoms with Crippen molar-refractivity contribution in [3.8, 4) is 0 Å². The quantitative estimate of drug-likeness (QED) is 0.928. The molecule has 1 fully saturated rings. The van der Waals surface area contributed by atoms with Crippen molar-refractivity contribution in [3.63, 3.8) is 0 Å². The van der Waals surface area contributed by atoms with Gasteiger partial charge in [-0.05, 0) is 50.3 Å². The van der Waals surface area contributed by atoms with E-state index in [1.165, 1.54) is 6.07 Å². The van der Waals surface area contributed by atoms with Crippen LogP contribution < -0.4 is 0 Å². The molecule has 0 bridgehead atoms. The van der Waals surface area contributed by atoms with Crippen molar-refractivity contribution >= 4 is 11.9 Å². The van der Waals surface area contributed by atoms with Crippen LogP contribution in [-0.4, -0.2) is 34.5 Å². The standard InChI is InChI=1S/C16H20FNO3/c1-11-5-6-12(10-14(11)17)16(21)18-9-3-2-4-13(18)7-8-15(19)20/h5-6,10,13H,2-4,7-9H2,1H3,(H,19,20). The van der Waals surface area contributed by atoms with Gasteiger partial charge in [-0.1, -0.05) is 6.07 Å². The second-order valence-corrected chi connectivity index (χ2v) is 5.54. The lowest BCUT2D eigenvalue weighted by molar-refractivity contribution is -0.137. The van der Waals surface area contributed by atoms with Crippen LogP contribution in [0.3, 0.4) is 0 Å². The maximum absolute atomic E-state index is 13.6. The maximum atomic E-state index is 13.6. The number of carboxylic acids is 1. The van der Waals surface area contributed by atoms with Gasteiger partial charge in [0, 0.05) is 24.6 Å². The molecule has 0 spiro atoms. The van der Waals surface area contributed by atoms with Crippen LogP contribution in [0.2, 0.25) is 0 Å². The molecule has 5 heteroatoms. The van der Waals surface area contributed by atoms with Crippen LogP contribution >= 0.6 is 0 Å². The minimum atomic E-state index is -0.852. The van der Waals surface area contributed by atoms with E-state index in [0.29, 0.717) is 24.1 Å². The number of hydrogen-bond donors (Lipinski definition) is 1. The second kappa shape index (κ2) is 6.70. The summed E-state index contributed by atoms with van der Waals surface area (Å²) < 4.78 is 13.6. The number of hydrogen-bond acceptors (Lipinski definition) is 2. The summed E-state index contributed by atoms with van der Waals surface area (Å²) in [5.41, 5.74) is 0.841. The summed E-state index contributed by atoms with van der Waals surface area (Å²) in [7, 11) is 0. The lowest BCUT2D eigenvalue weighted by Crippen LogP contribution is -2.44. The van der Waals surface area contributed by atoms with E-state index >= 15 is 0 Å². The first-order valence-corrected chi connectivity index (χ1v) is 7.28. The zero-order chi connectivity index (χ0) is 15.4. The number of amides is 1. The minimum absolute atomic E-state index is 0.0523. The van der Waals surface area contributed by atoms with Crippen LogP contribution in [0.1, 0.15) is 48.0 Å². The van der Waals surface area contributed by atoms with Crippen LogP contribution in [0.15, 0.2) is 18.2 Å². The Morgan fingerprint density at radius 3 is 2.81 bits per heavy atom. The summed E-state index contributed by atoms with van der Waals surface area (Å²) in [6, 6.07) is 4.43. The minimum Gasteiger partial charge on any atom is -0.481 e. The molecule has 1 aliphatic rings. The number of piperidine rings is 1. The molecule has 0 radical (unpaired) electrons. The number of carbonyl (C=O) groups is 2. The van der Waals surface area contributed by atoms with Crippen molar-refractivity contribution in [2.45, 2.75) is 45.1 Å². The number of aryl methyl sites for hydroxylation is 1. The number of aliphatic carboxylic acids is 1. The Morgan fingerprint density at radius 2 is 2.14 bits per heavy atom. The van der Waals surface area contributed by atoms with Crippen LogP contribution in [0.5, 0.6) is 0 Å². The van der Waals surface area contributed by atoms with E-state index in [0.717, 1.165) is 19.3 Å². The number of benzene rings is 1. The highest BCUT2D eigenvalue weighted by Gasteiger charge is 2.28. The lowest BCUT2D eigenvalue weighted by Gasteiger charge is -2.35. The Kier molecular flexibility index (Phi) is 4.94. The summed E-state index contributed by atoms with van der Waals surface area (Å²) >= 11 is 0. The topological polar surface area (TPSA) is 57.6 Å². The molecular weight excluding hydrogens is 273 g/mol. The predicted molar refractivity (Wildman–Crippen MR) is 76.7 cm³/mol. The predicted octanol–water partition coefficient (Wildman–Crippen LogP) is 2.99. The Balaban J connectivity index is 2.13. The van der Waals surface area contributed by atoms with E-state index in [9.17, 15) is 14.0 Å². The van der Waals surface area contributed by atoms with Crippen LogP contribution in [0, 0.1) is 12.7 Å². The van der Waals surface area contributed by atoms with Gasteiger partial charge in [0.25, 0.3) is 5.91 Å². The molecule has 1 aromatic rings. The van der Waals surface area contributed by atoms with E-state index in [1.54, 1.807) is 24.0 Å². The first kappa shape index (κ1) is 15.5. The van der Waals surface area contributed by atoms with Crippen molar-refractivity contribution in [2.24, 2.45) is 0 Å². The molecule has 2 rings (SSSR count). The number of rotatable bonds is 4. The van der Waals surface area contributed by atoms with Crippen molar-refractivity contribution < 1.29 is 19.1 Å². The number of carboxylic acid groups (broad SMARTS) is 1. The fraction of sp³-hybridized carbons (Fsp3) is 0.500. The molecule has 4 nitrogen and oxygen atoms in total. The first-order valence-electron chi connectivity index (χ1n) is 7.28. The van der Waals surface area contributed by atoms with Gasteiger partial charge in [-0.15, -0.1) is 0 Å². The molecule has 21 heavy (non-hydrogen) atoms. The molecule has 1 heterocycles. The largest absolute Gasteiger partial charge is 0.481 e. The molecule has 0 aliphatic carbocycles. The highest BCUT2D eigenvalue weighted by molar-refractivity contribution is 5.94. The average molecular weight is 293 g/mol. The van der Waals surface area contributed by atoms with E-state index in [4.69, 9.17) is 5.11 Å². The third kappa shape index (κ3) is 3.80. The second-order valence-electron chi connectivity index (χ2n) is 5.54. The molecule has 1 saturated heterocycles. The van der Waals surface area contributed by atoms with Crippen LogP contribution in [0.25, 0.3) is 0 Å². The zero-order valence-corrected chi connectivity index (χ0v) is 12.1. The fourth-order valence-corrected chi connectivity index (χ4v) is 2.75. The van der Waals surface area contributed by atoms with Gasteiger partial charge < -0.3 is 10.0 Å². The molecule has 0 saturated carbocycles. The van der Waals surface area contributed by atoms with Gasteiger partial charge >= 0.3 is 5.97 Å². The average Bonchev–Trinajstić information content (AvgIpc) is 2.47. The summed E-state index contributed by atoms with van der Waals surface area (Å²) in [6.45, 7) is 2.26. The van der Waals surface area contributed by atoms with Gasteiger partial charge in [0.1, 0.15) is 5.82 Å². The van der Waals surface area contributed by atoms with Crippen molar-refractivity contribution in [1.82, 2.24) is 4.90 Å².